The minimum Gasteiger partial charge on any atom is -0.324 e. The highest BCUT2D eigenvalue weighted by molar-refractivity contribution is 7.92. The van der Waals surface area contributed by atoms with Crippen LogP contribution in [0.5, 0.6) is 0 Å². The quantitative estimate of drug-likeness (QED) is 0.616. The maximum Gasteiger partial charge on any atom is 0.247 e. The Morgan fingerprint density at radius 1 is 0.912 bits per heavy atom. The number of carbonyl (C=O) groups is 1. The lowest BCUT2D eigenvalue weighted by Gasteiger charge is -2.29. The number of hydrogen-bond acceptors (Lipinski definition) is 5. The zero-order valence-corrected chi connectivity index (χ0v) is 21.7. The first-order valence-electron chi connectivity index (χ1n) is 11.4. The number of benzene rings is 2. The van der Waals surface area contributed by atoms with E-state index in [0.717, 1.165) is 47.4 Å². The van der Waals surface area contributed by atoms with Gasteiger partial charge in [-0.05, 0) is 81.1 Å². The number of nitrogens with zero attached hydrogens (tertiary/aromatic N) is 2. The molecule has 1 aliphatic rings. The summed E-state index contributed by atoms with van der Waals surface area (Å²) in [5.74, 6) is -0.521. The Morgan fingerprint density at radius 3 is 1.94 bits per heavy atom. The van der Waals surface area contributed by atoms with Crippen LogP contribution < -0.4 is 9.62 Å². The van der Waals surface area contributed by atoms with Crippen LogP contribution in [0.2, 0.25) is 0 Å². The van der Waals surface area contributed by atoms with E-state index in [1.54, 1.807) is 12.1 Å². The van der Waals surface area contributed by atoms with E-state index >= 15 is 0 Å². The molecule has 0 saturated carbocycles. The third kappa shape index (κ3) is 6.17. The second kappa shape index (κ2) is 10.5. The van der Waals surface area contributed by atoms with Crippen LogP contribution in [0.3, 0.4) is 0 Å². The molecular weight excluding hydrogens is 474 g/mol. The molecule has 1 saturated heterocycles. The fourth-order valence-electron chi connectivity index (χ4n) is 4.27. The van der Waals surface area contributed by atoms with Gasteiger partial charge in [-0.2, -0.15) is 4.31 Å². The first kappa shape index (κ1) is 26.2. The largest absolute Gasteiger partial charge is 0.324 e. The average Bonchev–Trinajstić information content (AvgIpc) is 3.02. The maximum absolute atomic E-state index is 13.0. The van der Waals surface area contributed by atoms with Crippen molar-refractivity contribution in [1.82, 2.24) is 4.31 Å². The van der Waals surface area contributed by atoms with Gasteiger partial charge in [0.25, 0.3) is 0 Å². The SMILES string of the molecule is Cc1cc(C)cc(N(C(C)C(=O)Nc2ccc(S(=O)(=O)N3CCCCCC3)cc2)S(C)(=O)=O)c1. The first-order chi connectivity index (χ1) is 15.9. The standard InChI is InChI=1S/C24H33N3O5S2/c1-18-15-19(2)17-22(16-18)27(33(4,29)30)20(3)24(28)25-21-9-11-23(12-10-21)34(31,32)26-13-7-5-6-8-14-26/h9-12,15-17,20H,5-8,13-14H2,1-4H3,(H,25,28). The minimum absolute atomic E-state index is 0.174. The predicted octanol–water partition coefficient (Wildman–Crippen LogP) is 3.66. The number of hydrogen-bond donors (Lipinski definition) is 1. The highest BCUT2D eigenvalue weighted by Crippen LogP contribution is 2.25. The lowest BCUT2D eigenvalue weighted by molar-refractivity contribution is -0.116. The number of nitrogens with one attached hydrogen (secondary N) is 1. The van der Waals surface area contributed by atoms with E-state index in [2.05, 4.69) is 5.32 Å². The van der Waals surface area contributed by atoms with Crippen molar-refractivity contribution in [3.8, 4) is 0 Å². The normalized spacial score (nSPS) is 16.5. The van der Waals surface area contributed by atoms with E-state index in [-0.39, 0.29) is 4.90 Å². The summed E-state index contributed by atoms with van der Waals surface area (Å²) in [5, 5.41) is 2.71. The van der Waals surface area contributed by atoms with Crippen molar-refractivity contribution in [2.45, 2.75) is 57.4 Å². The zero-order chi connectivity index (χ0) is 25.1. The summed E-state index contributed by atoms with van der Waals surface area (Å²) in [7, 11) is -7.33. The van der Waals surface area contributed by atoms with Gasteiger partial charge in [0.15, 0.2) is 0 Å². The van der Waals surface area contributed by atoms with Gasteiger partial charge in [-0.1, -0.05) is 18.9 Å². The molecule has 1 unspecified atom stereocenters. The van der Waals surface area contributed by atoms with Gasteiger partial charge in [-0.25, -0.2) is 16.8 Å². The van der Waals surface area contributed by atoms with Crippen LogP contribution in [0.25, 0.3) is 0 Å². The molecule has 34 heavy (non-hydrogen) atoms. The molecule has 1 atom stereocenters. The zero-order valence-electron chi connectivity index (χ0n) is 20.1. The molecule has 0 spiro atoms. The van der Waals surface area contributed by atoms with Crippen LogP contribution in [0.1, 0.15) is 43.7 Å². The van der Waals surface area contributed by atoms with E-state index < -0.39 is 32.0 Å². The molecule has 186 valence electrons. The topological polar surface area (TPSA) is 104 Å². The molecule has 8 nitrogen and oxygen atoms in total. The number of rotatable bonds is 7. The van der Waals surface area contributed by atoms with Crippen molar-refractivity contribution < 1.29 is 21.6 Å². The van der Waals surface area contributed by atoms with Crippen LogP contribution in [0.4, 0.5) is 11.4 Å². The Bertz CT molecular complexity index is 1210. The van der Waals surface area contributed by atoms with E-state index in [0.29, 0.717) is 24.5 Å². The monoisotopic (exact) mass is 507 g/mol. The molecule has 3 rings (SSSR count). The molecule has 0 bridgehead atoms. The van der Waals surface area contributed by atoms with Gasteiger partial charge >= 0.3 is 0 Å². The van der Waals surface area contributed by atoms with Crippen molar-refractivity contribution in [3.63, 3.8) is 0 Å². The molecule has 1 fully saturated rings. The van der Waals surface area contributed by atoms with Gasteiger partial charge in [-0.15, -0.1) is 0 Å². The molecule has 1 N–H and O–H groups in total. The summed E-state index contributed by atoms with van der Waals surface area (Å²) in [6.07, 6.45) is 4.83. The van der Waals surface area contributed by atoms with Crippen molar-refractivity contribution in [2.24, 2.45) is 0 Å². The van der Waals surface area contributed by atoms with Crippen LogP contribution in [0, 0.1) is 13.8 Å². The molecule has 2 aromatic rings. The Balaban J connectivity index is 1.78. The third-order valence-electron chi connectivity index (χ3n) is 5.87. The molecule has 10 heteroatoms. The first-order valence-corrected chi connectivity index (χ1v) is 14.7. The van der Waals surface area contributed by atoms with Crippen LogP contribution in [-0.4, -0.2) is 52.4 Å². The molecule has 1 amide bonds. The summed E-state index contributed by atoms with van der Waals surface area (Å²) in [6, 6.07) is 10.3. The second-order valence-electron chi connectivity index (χ2n) is 8.91. The van der Waals surface area contributed by atoms with Crippen molar-refractivity contribution in [1.29, 1.82) is 0 Å². The Morgan fingerprint density at radius 2 is 1.44 bits per heavy atom. The molecule has 0 radical (unpaired) electrons. The highest BCUT2D eigenvalue weighted by atomic mass is 32.2. The van der Waals surface area contributed by atoms with Gasteiger partial charge in [-0.3, -0.25) is 9.10 Å². The van der Waals surface area contributed by atoms with Crippen molar-refractivity contribution in [2.75, 3.05) is 29.0 Å². The highest BCUT2D eigenvalue weighted by Gasteiger charge is 2.30. The van der Waals surface area contributed by atoms with Crippen LogP contribution in [0.15, 0.2) is 47.4 Å². The average molecular weight is 508 g/mol. The van der Waals surface area contributed by atoms with E-state index in [1.807, 2.05) is 19.9 Å². The second-order valence-corrected chi connectivity index (χ2v) is 12.7. The Hall–Kier alpha value is -2.43. The predicted molar refractivity (Wildman–Crippen MR) is 135 cm³/mol. The van der Waals surface area contributed by atoms with Crippen molar-refractivity contribution in [3.05, 3.63) is 53.6 Å². The van der Waals surface area contributed by atoms with Gasteiger partial charge < -0.3 is 5.32 Å². The van der Waals surface area contributed by atoms with Gasteiger partial charge in [0.05, 0.1) is 16.8 Å². The summed E-state index contributed by atoms with van der Waals surface area (Å²) in [5.41, 5.74) is 2.58. The molecular formula is C24H33N3O5S2. The van der Waals surface area contributed by atoms with E-state index in [9.17, 15) is 21.6 Å². The molecule has 1 aliphatic heterocycles. The van der Waals surface area contributed by atoms with Gasteiger partial charge in [0.1, 0.15) is 6.04 Å². The Kier molecular flexibility index (Phi) is 8.05. The summed E-state index contributed by atoms with van der Waals surface area (Å²) < 4.78 is 53.6. The number of aryl methyl sites for hydroxylation is 2. The molecule has 0 aliphatic carbocycles. The van der Waals surface area contributed by atoms with Gasteiger partial charge in [0.2, 0.25) is 26.0 Å². The molecule has 2 aromatic carbocycles. The summed E-state index contributed by atoms with van der Waals surface area (Å²) >= 11 is 0. The number of sulfonamides is 2. The van der Waals surface area contributed by atoms with Crippen LogP contribution in [-0.2, 0) is 24.8 Å². The van der Waals surface area contributed by atoms with E-state index in [4.69, 9.17) is 0 Å². The van der Waals surface area contributed by atoms with Crippen molar-refractivity contribution >= 4 is 37.3 Å². The smallest absolute Gasteiger partial charge is 0.247 e. The number of amides is 1. The fraction of sp³-hybridized carbons (Fsp3) is 0.458. The Labute approximate surface area is 203 Å². The fourth-order valence-corrected chi connectivity index (χ4v) is 6.95. The lowest BCUT2D eigenvalue weighted by atomic mass is 10.1. The molecule has 0 aromatic heterocycles. The minimum atomic E-state index is -3.74. The maximum atomic E-state index is 13.0. The summed E-state index contributed by atoms with van der Waals surface area (Å²) in [6.45, 7) is 6.27. The number of anilines is 2. The molecule has 1 heterocycles. The third-order valence-corrected chi connectivity index (χ3v) is 9.03. The van der Waals surface area contributed by atoms with E-state index in [1.165, 1.54) is 35.5 Å². The number of carbonyl (C=O) groups excluding carboxylic acids is 1. The van der Waals surface area contributed by atoms with Crippen LogP contribution >= 0.6 is 0 Å². The lowest BCUT2D eigenvalue weighted by Crippen LogP contribution is -2.45. The summed E-state index contributed by atoms with van der Waals surface area (Å²) in [4.78, 5) is 13.1. The van der Waals surface area contributed by atoms with Gasteiger partial charge in [0, 0.05) is 18.8 Å².